The predicted octanol–water partition coefficient (Wildman–Crippen LogP) is 3.65. The first-order valence-corrected chi connectivity index (χ1v) is 16.9. The van der Waals surface area contributed by atoms with E-state index in [9.17, 15) is 19.6 Å². The molecule has 0 spiro atoms. The number of carbonyl (C=O) groups excluding carboxylic acids is 3. The number of aromatic nitrogens is 3. The van der Waals surface area contributed by atoms with Crippen molar-refractivity contribution in [1.82, 2.24) is 35.2 Å². The second kappa shape index (κ2) is 12.8. The summed E-state index contributed by atoms with van der Waals surface area (Å²) in [4.78, 5) is 48.2. The van der Waals surface area contributed by atoms with Crippen LogP contribution in [0.15, 0.2) is 36.4 Å². The van der Waals surface area contributed by atoms with E-state index in [0.29, 0.717) is 42.1 Å². The molecule has 1 saturated carbocycles. The van der Waals surface area contributed by atoms with E-state index in [1.165, 1.54) is 0 Å². The average Bonchev–Trinajstić information content (AvgIpc) is 3.48. The lowest BCUT2D eigenvalue weighted by atomic mass is 9.67. The summed E-state index contributed by atoms with van der Waals surface area (Å²) in [6, 6.07) is 13.8. The van der Waals surface area contributed by atoms with Crippen LogP contribution in [0, 0.1) is 17.2 Å². The molecule has 3 aliphatic rings. The summed E-state index contributed by atoms with van der Waals surface area (Å²) in [6.07, 6.45) is 3.59. The number of aromatic amines is 1. The smallest absolute Gasteiger partial charge is 0.253 e. The third-order valence-electron chi connectivity index (χ3n) is 10.3. The maximum atomic E-state index is 13.5. The highest BCUT2D eigenvalue weighted by Gasteiger charge is 2.54. The third kappa shape index (κ3) is 5.87. The van der Waals surface area contributed by atoms with Gasteiger partial charge in [0.15, 0.2) is 0 Å². The standard InChI is InChI=1S/C37H46N8O3/c1-21(2)33-40-36(42-41-33)37(18-22(3)39-20-32(46)45-28(19-38)16-27-17-31(27)45)29-12-10-25(34(47)43(4)5)14-23(29)8-9-24-15-26(11-13-30(24)37)35(48)44(6)7/h10-15,21-22,27-28,31,39H,8-9,16-18,20H2,1-7H3,(H,40,41,42)/t22-,27+,28?,31-/m0/s1. The first kappa shape index (κ1) is 33.3. The summed E-state index contributed by atoms with van der Waals surface area (Å²) in [5, 5.41) is 22.5. The minimum atomic E-state index is -0.847. The maximum Gasteiger partial charge on any atom is 0.253 e. The van der Waals surface area contributed by atoms with Crippen LogP contribution >= 0.6 is 0 Å². The number of piperidine rings is 1. The first-order chi connectivity index (χ1) is 22.8. The predicted molar refractivity (Wildman–Crippen MR) is 182 cm³/mol. The molecule has 0 radical (unpaired) electrons. The van der Waals surface area contributed by atoms with Gasteiger partial charge < -0.3 is 25.0 Å². The van der Waals surface area contributed by atoms with Crippen molar-refractivity contribution in [3.8, 4) is 6.07 Å². The van der Waals surface area contributed by atoms with Crippen molar-refractivity contribution in [3.05, 3.63) is 81.4 Å². The number of carbonyl (C=O) groups is 3. The van der Waals surface area contributed by atoms with E-state index in [0.717, 1.165) is 40.9 Å². The van der Waals surface area contributed by atoms with Crippen LogP contribution < -0.4 is 5.32 Å². The lowest BCUT2D eigenvalue weighted by Crippen LogP contribution is -2.46. The second-order valence-corrected chi connectivity index (χ2v) is 14.5. The van der Waals surface area contributed by atoms with Crippen molar-refractivity contribution in [1.29, 1.82) is 5.26 Å². The van der Waals surface area contributed by atoms with Crippen molar-refractivity contribution < 1.29 is 14.4 Å². The van der Waals surface area contributed by atoms with E-state index < -0.39 is 5.41 Å². The molecule has 2 heterocycles. The second-order valence-electron chi connectivity index (χ2n) is 14.5. The van der Waals surface area contributed by atoms with Crippen molar-refractivity contribution in [2.24, 2.45) is 5.92 Å². The lowest BCUT2D eigenvalue weighted by Gasteiger charge is -2.37. The zero-order valence-corrected chi connectivity index (χ0v) is 29.0. The van der Waals surface area contributed by atoms with Crippen LogP contribution in [0.2, 0.25) is 0 Å². The fourth-order valence-corrected chi connectivity index (χ4v) is 7.74. The Balaban J connectivity index is 1.47. The number of nitriles is 1. The molecule has 2 fully saturated rings. The molecule has 1 aromatic heterocycles. The van der Waals surface area contributed by atoms with Gasteiger partial charge in [-0.2, -0.15) is 5.26 Å². The van der Waals surface area contributed by atoms with E-state index >= 15 is 0 Å². The number of benzene rings is 2. The maximum absolute atomic E-state index is 13.5. The highest BCUT2D eigenvalue weighted by molar-refractivity contribution is 5.95. The van der Waals surface area contributed by atoms with E-state index in [1.54, 1.807) is 42.9 Å². The fraction of sp³-hybridized carbons (Fsp3) is 0.514. The number of likely N-dealkylation sites (tertiary alicyclic amines) is 1. The SMILES string of the molecule is CC(C)c1nnc(C2(C[C@H](C)NCC(=O)N3C(C#N)C[C@@H]4C[C@@H]43)c3ccc(C(=O)N(C)C)cc3CCc3cc(C(=O)N(C)C)ccc32)[nH]1. The highest BCUT2D eigenvalue weighted by Crippen LogP contribution is 2.49. The molecular weight excluding hydrogens is 604 g/mol. The Bertz CT molecular complexity index is 1720. The molecular formula is C37H46N8O3. The Morgan fingerprint density at radius 3 is 2.04 bits per heavy atom. The van der Waals surface area contributed by atoms with Crippen molar-refractivity contribution in [2.45, 2.75) is 82.3 Å². The summed E-state index contributed by atoms with van der Waals surface area (Å²) >= 11 is 0. The molecule has 2 N–H and O–H groups in total. The number of amides is 3. The lowest BCUT2D eigenvalue weighted by molar-refractivity contribution is -0.131. The van der Waals surface area contributed by atoms with E-state index in [-0.39, 0.29) is 48.3 Å². The van der Waals surface area contributed by atoms with E-state index in [1.807, 2.05) is 36.4 Å². The quantitative estimate of drug-likeness (QED) is 0.361. The van der Waals surface area contributed by atoms with Gasteiger partial charge in [0.25, 0.3) is 11.8 Å². The summed E-state index contributed by atoms with van der Waals surface area (Å²) in [7, 11) is 6.99. The van der Waals surface area contributed by atoms with Crippen LogP contribution in [-0.2, 0) is 23.1 Å². The van der Waals surface area contributed by atoms with Crippen molar-refractivity contribution in [2.75, 3.05) is 34.7 Å². The molecule has 2 aliphatic carbocycles. The van der Waals surface area contributed by atoms with Gasteiger partial charge in [-0.05, 0) is 91.5 Å². The Morgan fingerprint density at radius 1 is 0.958 bits per heavy atom. The van der Waals surface area contributed by atoms with Gasteiger partial charge in [-0.25, -0.2) is 0 Å². The van der Waals surface area contributed by atoms with Crippen LogP contribution in [0.1, 0.15) is 101 Å². The monoisotopic (exact) mass is 650 g/mol. The zero-order valence-electron chi connectivity index (χ0n) is 29.0. The largest absolute Gasteiger partial charge is 0.345 e. The number of hydrogen-bond donors (Lipinski definition) is 2. The number of H-pyrrole nitrogens is 1. The first-order valence-electron chi connectivity index (χ1n) is 16.9. The van der Waals surface area contributed by atoms with Gasteiger partial charge in [-0.1, -0.05) is 26.0 Å². The Kier molecular flexibility index (Phi) is 8.90. The topological polar surface area (TPSA) is 138 Å². The summed E-state index contributed by atoms with van der Waals surface area (Å²) in [6.45, 7) is 6.33. The third-order valence-corrected chi connectivity index (χ3v) is 10.3. The molecule has 252 valence electrons. The molecule has 6 rings (SSSR count). The molecule has 2 aromatic carbocycles. The average molecular weight is 651 g/mol. The summed E-state index contributed by atoms with van der Waals surface area (Å²) in [5.41, 5.74) is 4.45. The van der Waals surface area contributed by atoms with E-state index in [4.69, 9.17) is 5.10 Å². The van der Waals surface area contributed by atoms with Gasteiger partial charge >= 0.3 is 0 Å². The number of nitrogens with zero attached hydrogens (tertiary/aromatic N) is 6. The number of hydrogen-bond acceptors (Lipinski definition) is 7. The van der Waals surface area contributed by atoms with Crippen LogP contribution in [-0.4, -0.2) is 100 Å². The van der Waals surface area contributed by atoms with Crippen LogP contribution in [0.25, 0.3) is 0 Å². The highest BCUT2D eigenvalue weighted by atomic mass is 16.2. The molecule has 11 nitrogen and oxygen atoms in total. The number of fused-ring (bicyclic) bond motifs is 3. The Morgan fingerprint density at radius 2 is 1.54 bits per heavy atom. The molecule has 48 heavy (non-hydrogen) atoms. The van der Waals surface area contributed by atoms with Gasteiger partial charge in [0.1, 0.15) is 17.7 Å². The number of nitrogens with one attached hydrogen (secondary N) is 2. The summed E-state index contributed by atoms with van der Waals surface area (Å²) < 4.78 is 0. The van der Waals surface area contributed by atoms with Crippen LogP contribution in [0.5, 0.6) is 0 Å². The van der Waals surface area contributed by atoms with Crippen molar-refractivity contribution in [3.63, 3.8) is 0 Å². The minimum Gasteiger partial charge on any atom is -0.345 e. The molecule has 3 aromatic rings. The normalized spacial score (nSPS) is 21.0. The van der Waals surface area contributed by atoms with Crippen LogP contribution in [0.3, 0.4) is 0 Å². The van der Waals surface area contributed by atoms with Gasteiger partial charge in [0.2, 0.25) is 5.91 Å². The molecule has 3 amide bonds. The Labute approximate surface area is 282 Å². The fourth-order valence-electron chi connectivity index (χ4n) is 7.74. The molecule has 1 aliphatic heterocycles. The number of rotatable bonds is 9. The minimum absolute atomic E-state index is 0.0467. The van der Waals surface area contributed by atoms with Crippen LogP contribution in [0.4, 0.5) is 0 Å². The number of aryl methyl sites for hydroxylation is 2. The zero-order chi connectivity index (χ0) is 34.5. The van der Waals surface area contributed by atoms with E-state index in [2.05, 4.69) is 42.2 Å². The molecule has 0 bridgehead atoms. The van der Waals surface area contributed by atoms with Gasteiger partial charge in [-0.15, -0.1) is 10.2 Å². The van der Waals surface area contributed by atoms with Crippen molar-refractivity contribution >= 4 is 17.7 Å². The van der Waals surface area contributed by atoms with Gasteiger partial charge in [0.05, 0.1) is 18.0 Å². The molecule has 1 unspecified atom stereocenters. The molecule has 4 atom stereocenters. The summed E-state index contributed by atoms with van der Waals surface area (Å²) in [5.74, 6) is 1.81. The van der Waals surface area contributed by atoms with Gasteiger partial charge in [0, 0.05) is 57.3 Å². The molecule has 1 saturated heterocycles. The van der Waals surface area contributed by atoms with Gasteiger partial charge in [-0.3, -0.25) is 14.4 Å². The molecule has 11 heteroatoms. The Hall–Kier alpha value is -4.56.